The van der Waals surface area contributed by atoms with Crippen LogP contribution in [0.2, 0.25) is 0 Å². The lowest BCUT2D eigenvalue weighted by atomic mass is 10.0. The normalized spacial score (nSPS) is 14.9. The van der Waals surface area contributed by atoms with Gasteiger partial charge in [0.05, 0.1) is 12.2 Å². The maximum Gasteiger partial charge on any atom is 0.259 e. The van der Waals surface area contributed by atoms with Gasteiger partial charge in [0.15, 0.2) is 0 Å². The predicted octanol–water partition coefficient (Wildman–Crippen LogP) is 4.17. The van der Waals surface area contributed by atoms with E-state index in [0.717, 1.165) is 28.0 Å². The fourth-order valence-electron chi connectivity index (χ4n) is 3.00. The van der Waals surface area contributed by atoms with Gasteiger partial charge >= 0.3 is 0 Å². The number of aromatic nitrogens is 1. The lowest BCUT2D eigenvalue weighted by molar-refractivity contribution is -0.113. The average molecular weight is 312 g/mol. The van der Waals surface area contributed by atoms with Gasteiger partial charge in [-0.05, 0) is 35.4 Å². The summed E-state index contributed by atoms with van der Waals surface area (Å²) in [7, 11) is 0. The number of anilines is 1. The van der Waals surface area contributed by atoms with Crippen LogP contribution in [-0.4, -0.2) is 10.9 Å². The molecule has 2 heterocycles. The van der Waals surface area contributed by atoms with E-state index in [0.29, 0.717) is 6.54 Å². The summed E-state index contributed by atoms with van der Waals surface area (Å²) in [6.45, 7) is 0.574. The summed E-state index contributed by atoms with van der Waals surface area (Å²) in [6.07, 6.45) is 5.41. The number of hydrogen-bond acceptors (Lipinski definition) is 2. The molecule has 0 saturated carbocycles. The summed E-state index contributed by atoms with van der Waals surface area (Å²) in [5.74, 6) is 0.0388. The molecule has 2 aromatic carbocycles. The fourth-order valence-corrected chi connectivity index (χ4v) is 3.00. The smallest absolute Gasteiger partial charge is 0.259 e. The minimum atomic E-state index is 0.0388. The first-order chi connectivity index (χ1) is 11.8. The molecule has 1 aliphatic heterocycles. The highest BCUT2D eigenvalue weighted by Gasteiger charge is 2.31. The van der Waals surface area contributed by atoms with Crippen molar-refractivity contribution >= 4 is 23.2 Å². The van der Waals surface area contributed by atoms with Crippen LogP contribution in [0, 0.1) is 0 Å². The fraction of sp³-hybridized carbons (Fsp3) is 0.0476. The number of carbonyl (C=O) groups excluding carboxylic acids is 1. The molecule has 116 valence electrons. The van der Waals surface area contributed by atoms with Gasteiger partial charge in [0.25, 0.3) is 5.91 Å². The van der Waals surface area contributed by atoms with E-state index in [4.69, 9.17) is 0 Å². The second-order valence-corrected chi connectivity index (χ2v) is 5.73. The first kappa shape index (κ1) is 14.4. The van der Waals surface area contributed by atoms with Crippen molar-refractivity contribution in [1.29, 1.82) is 0 Å². The van der Waals surface area contributed by atoms with Gasteiger partial charge in [0.2, 0.25) is 0 Å². The van der Waals surface area contributed by atoms with Gasteiger partial charge in [-0.25, -0.2) is 0 Å². The Morgan fingerprint density at radius 1 is 0.875 bits per heavy atom. The number of carbonyl (C=O) groups is 1. The second-order valence-electron chi connectivity index (χ2n) is 5.73. The first-order valence-corrected chi connectivity index (χ1v) is 7.90. The van der Waals surface area contributed by atoms with Crippen molar-refractivity contribution in [3.63, 3.8) is 0 Å². The number of fused-ring (bicyclic) bond motifs is 1. The molecule has 0 saturated heterocycles. The number of pyridine rings is 1. The molecule has 3 heteroatoms. The minimum Gasteiger partial charge on any atom is -0.303 e. The Balaban J connectivity index is 1.76. The number of rotatable bonds is 3. The Labute approximate surface area is 140 Å². The third kappa shape index (κ3) is 2.61. The van der Waals surface area contributed by atoms with E-state index < -0.39 is 0 Å². The molecule has 4 rings (SSSR count). The maximum atomic E-state index is 13.0. The Kier molecular flexibility index (Phi) is 3.67. The van der Waals surface area contributed by atoms with Crippen LogP contribution < -0.4 is 4.90 Å². The topological polar surface area (TPSA) is 33.2 Å². The molecule has 1 amide bonds. The van der Waals surface area contributed by atoms with E-state index in [1.807, 2.05) is 77.7 Å². The van der Waals surface area contributed by atoms with Gasteiger partial charge in [0, 0.05) is 23.5 Å². The third-order valence-corrected chi connectivity index (χ3v) is 4.16. The Hall–Kier alpha value is -3.20. The van der Waals surface area contributed by atoms with Crippen molar-refractivity contribution in [2.75, 3.05) is 4.90 Å². The van der Waals surface area contributed by atoms with E-state index in [2.05, 4.69) is 4.98 Å². The van der Waals surface area contributed by atoms with Crippen LogP contribution in [0.4, 0.5) is 5.69 Å². The number of benzene rings is 2. The van der Waals surface area contributed by atoms with E-state index in [1.54, 1.807) is 12.4 Å². The molecule has 0 atom stereocenters. The zero-order chi connectivity index (χ0) is 16.4. The molecular weight excluding hydrogens is 296 g/mol. The highest BCUT2D eigenvalue weighted by atomic mass is 16.2. The first-order valence-electron chi connectivity index (χ1n) is 7.90. The zero-order valence-corrected chi connectivity index (χ0v) is 13.1. The highest BCUT2D eigenvalue weighted by Crippen LogP contribution is 2.38. The summed E-state index contributed by atoms with van der Waals surface area (Å²) >= 11 is 0. The molecular formula is C21H16N2O. The summed E-state index contributed by atoms with van der Waals surface area (Å²) in [5.41, 5.74) is 4.77. The monoisotopic (exact) mass is 312 g/mol. The highest BCUT2D eigenvalue weighted by molar-refractivity contribution is 6.35. The van der Waals surface area contributed by atoms with Crippen molar-refractivity contribution in [3.8, 4) is 0 Å². The predicted molar refractivity (Wildman–Crippen MR) is 96.2 cm³/mol. The Morgan fingerprint density at radius 3 is 2.38 bits per heavy atom. The maximum absolute atomic E-state index is 13.0. The molecule has 0 aliphatic carbocycles. The van der Waals surface area contributed by atoms with Crippen LogP contribution in [0.1, 0.15) is 16.7 Å². The number of nitrogens with zero attached hydrogens (tertiary/aromatic N) is 2. The van der Waals surface area contributed by atoms with E-state index >= 15 is 0 Å². The van der Waals surface area contributed by atoms with Crippen molar-refractivity contribution < 1.29 is 4.79 Å². The van der Waals surface area contributed by atoms with E-state index in [-0.39, 0.29) is 5.91 Å². The van der Waals surface area contributed by atoms with Crippen molar-refractivity contribution in [2.24, 2.45) is 0 Å². The summed E-state index contributed by atoms with van der Waals surface area (Å²) in [4.78, 5) is 18.9. The largest absolute Gasteiger partial charge is 0.303 e. The summed E-state index contributed by atoms with van der Waals surface area (Å²) in [5, 5.41) is 0. The van der Waals surface area contributed by atoms with E-state index in [1.165, 1.54) is 0 Å². The van der Waals surface area contributed by atoms with Crippen LogP contribution in [0.25, 0.3) is 11.6 Å². The zero-order valence-electron chi connectivity index (χ0n) is 13.1. The number of amides is 1. The average Bonchev–Trinajstić information content (AvgIpc) is 2.90. The third-order valence-electron chi connectivity index (χ3n) is 4.16. The van der Waals surface area contributed by atoms with Crippen LogP contribution in [0.3, 0.4) is 0 Å². The van der Waals surface area contributed by atoms with Crippen LogP contribution >= 0.6 is 0 Å². The van der Waals surface area contributed by atoms with Gasteiger partial charge in [-0.1, -0.05) is 48.5 Å². The minimum absolute atomic E-state index is 0.0388. The molecule has 0 spiro atoms. The molecule has 1 aromatic heterocycles. The molecule has 24 heavy (non-hydrogen) atoms. The quantitative estimate of drug-likeness (QED) is 0.680. The van der Waals surface area contributed by atoms with Crippen molar-refractivity contribution in [3.05, 3.63) is 95.8 Å². The van der Waals surface area contributed by atoms with Gasteiger partial charge in [-0.2, -0.15) is 0 Å². The number of para-hydroxylation sites is 1. The molecule has 3 nitrogen and oxygen atoms in total. The molecule has 1 aliphatic rings. The lowest BCUT2D eigenvalue weighted by Crippen LogP contribution is -2.25. The Bertz CT molecular complexity index is 901. The van der Waals surface area contributed by atoms with Crippen LogP contribution in [0.5, 0.6) is 0 Å². The van der Waals surface area contributed by atoms with Gasteiger partial charge in [0.1, 0.15) is 0 Å². The lowest BCUT2D eigenvalue weighted by Gasteiger charge is -2.17. The summed E-state index contributed by atoms with van der Waals surface area (Å²) in [6, 6.07) is 21.8. The Morgan fingerprint density at radius 2 is 1.58 bits per heavy atom. The van der Waals surface area contributed by atoms with Gasteiger partial charge in [-0.3, -0.25) is 9.78 Å². The molecule has 0 bridgehead atoms. The molecule has 3 aromatic rings. The SMILES string of the molecule is O=C1C(=Cc2ccncc2)c2ccccc2N1Cc1ccccc1. The standard InChI is InChI=1S/C21H16N2O/c24-21-19(14-16-10-12-22-13-11-16)18-8-4-5-9-20(18)23(21)15-17-6-2-1-3-7-17/h1-14H,15H2. The molecule has 0 unspecified atom stereocenters. The van der Waals surface area contributed by atoms with E-state index in [9.17, 15) is 4.79 Å². The van der Waals surface area contributed by atoms with Gasteiger partial charge in [-0.15, -0.1) is 0 Å². The number of hydrogen-bond donors (Lipinski definition) is 0. The van der Waals surface area contributed by atoms with Crippen LogP contribution in [0.15, 0.2) is 79.1 Å². The molecule has 0 fully saturated rings. The second kappa shape index (κ2) is 6.13. The van der Waals surface area contributed by atoms with Gasteiger partial charge < -0.3 is 4.90 Å². The van der Waals surface area contributed by atoms with Crippen molar-refractivity contribution in [2.45, 2.75) is 6.54 Å². The summed E-state index contributed by atoms with van der Waals surface area (Å²) < 4.78 is 0. The molecule has 0 radical (unpaired) electrons. The van der Waals surface area contributed by atoms with Crippen LogP contribution in [-0.2, 0) is 11.3 Å². The van der Waals surface area contributed by atoms with Crippen molar-refractivity contribution in [1.82, 2.24) is 4.98 Å². The molecule has 0 N–H and O–H groups in total.